The molecule has 0 bridgehead atoms. The van der Waals surface area contributed by atoms with Crippen molar-refractivity contribution in [3.63, 3.8) is 0 Å². The summed E-state index contributed by atoms with van der Waals surface area (Å²) >= 11 is 1.71. The van der Waals surface area contributed by atoms with E-state index in [9.17, 15) is 4.79 Å². The summed E-state index contributed by atoms with van der Waals surface area (Å²) in [6.45, 7) is 7.76. The molecule has 1 N–H and O–H groups in total. The van der Waals surface area contributed by atoms with Gasteiger partial charge in [-0.25, -0.2) is 0 Å². The second-order valence-electron chi connectivity index (χ2n) is 4.82. The van der Waals surface area contributed by atoms with Crippen LogP contribution >= 0.6 is 11.3 Å². The maximum Gasteiger partial charge on any atom is 0.304 e. The Kier molecular flexibility index (Phi) is 4.50. The molecule has 0 aliphatic heterocycles. The molecule has 1 heterocycles. The highest BCUT2D eigenvalue weighted by Crippen LogP contribution is 2.20. The topological polar surface area (TPSA) is 40.5 Å². The van der Waals surface area contributed by atoms with Gasteiger partial charge in [0.15, 0.2) is 0 Å². The van der Waals surface area contributed by atoms with Crippen molar-refractivity contribution >= 4 is 17.3 Å². The fraction of sp³-hybridized carbons (Fsp3) is 0.583. The summed E-state index contributed by atoms with van der Waals surface area (Å²) in [5, 5.41) is 10.8. The first-order valence-corrected chi connectivity index (χ1v) is 6.27. The molecular formula is C12H19NO2S. The molecule has 0 aromatic carbocycles. The third-order valence-electron chi connectivity index (χ3n) is 2.47. The van der Waals surface area contributed by atoms with Crippen LogP contribution in [-0.4, -0.2) is 28.1 Å². The second-order valence-corrected chi connectivity index (χ2v) is 5.85. The highest BCUT2D eigenvalue weighted by atomic mass is 32.1. The Morgan fingerprint density at radius 2 is 2.19 bits per heavy atom. The van der Waals surface area contributed by atoms with Gasteiger partial charge in [0.1, 0.15) is 0 Å². The van der Waals surface area contributed by atoms with Crippen LogP contribution < -0.4 is 0 Å². The molecule has 1 aromatic rings. The molecule has 90 valence electrons. The molecule has 0 atom stereocenters. The van der Waals surface area contributed by atoms with Gasteiger partial charge in [0, 0.05) is 23.5 Å². The number of rotatable bonds is 5. The molecule has 16 heavy (non-hydrogen) atoms. The number of hydrogen-bond donors (Lipinski definition) is 1. The average molecular weight is 241 g/mol. The van der Waals surface area contributed by atoms with Crippen molar-refractivity contribution in [1.82, 2.24) is 4.90 Å². The first-order chi connectivity index (χ1) is 7.39. The van der Waals surface area contributed by atoms with E-state index in [1.54, 1.807) is 11.3 Å². The largest absolute Gasteiger partial charge is 0.481 e. The van der Waals surface area contributed by atoms with Gasteiger partial charge >= 0.3 is 5.97 Å². The summed E-state index contributed by atoms with van der Waals surface area (Å²) in [5.41, 5.74) is -0.000556. The number of aliphatic carboxylic acids is 1. The zero-order valence-corrected chi connectivity index (χ0v) is 10.9. The molecule has 3 nitrogen and oxygen atoms in total. The Bertz CT molecular complexity index is 327. The van der Waals surface area contributed by atoms with Crippen molar-refractivity contribution in [2.45, 2.75) is 39.3 Å². The number of carboxylic acids is 1. The number of nitrogens with zero attached hydrogens (tertiary/aromatic N) is 1. The molecule has 0 saturated carbocycles. The summed E-state index contributed by atoms with van der Waals surface area (Å²) in [4.78, 5) is 14.1. The van der Waals surface area contributed by atoms with Gasteiger partial charge in [-0.05, 0) is 32.2 Å². The Hall–Kier alpha value is -0.870. The van der Waals surface area contributed by atoms with E-state index in [2.05, 4.69) is 31.7 Å². The van der Waals surface area contributed by atoms with E-state index in [1.165, 1.54) is 4.88 Å². The molecule has 0 saturated heterocycles. The quantitative estimate of drug-likeness (QED) is 0.861. The van der Waals surface area contributed by atoms with Crippen LogP contribution in [0.25, 0.3) is 0 Å². The lowest BCUT2D eigenvalue weighted by atomic mass is 10.1. The van der Waals surface area contributed by atoms with Crippen LogP contribution in [0.4, 0.5) is 0 Å². The number of carbonyl (C=O) groups is 1. The minimum atomic E-state index is -0.736. The van der Waals surface area contributed by atoms with E-state index in [4.69, 9.17) is 5.11 Å². The van der Waals surface area contributed by atoms with Crippen LogP contribution in [0.3, 0.4) is 0 Å². The molecule has 0 unspecified atom stereocenters. The zero-order valence-electron chi connectivity index (χ0n) is 10.1. The lowest BCUT2D eigenvalue weighted by molar-refractivity contribution is -0.137. The van der Waals surface area contributed by atoms with Crippen molar-refractivity contribution in [1.29, 1.82) is 0 Å². The number of carboxylic acid groups (broad SMARTS) is 1. The van der Waals surface area contributed by atoms with Gasteiger partial charge in [-0.1, -0.05) is 6.07 Å². The average Bonchev–Trinajstić information content (AvgIpc) is 2.62. The summed E-state index contributed by atoms with van der Waals surface area (Å²) in [6, 6.07) is 4.11. The maximum absolute atomic E-state index is 10.6. The van der Waals surface area contributed by atoms with E-state index >= 15 is 0 Å². The Morgan fingerprint density at radius 1 is 1.50 bits per heavy atom. The van der Waals surface area contributed by atoms with Crippen molar-refractivity contribution < 1.29 is 9.90 Å². The van der Waals surface area contributed by atoms with E-state index < -0.39 is 5.97 Å². The minimum absolute atomic E-state index is 0.000556. The molecule has 0 radical (unpaired) electrons. The van der Waals surface area contributed by atoms with Crippen molar-refractivity contribution in [2.24, 2.45) is 0 Å². The normalized spacial score (nSPS) is 12.0. The van der Waals surface area contributed by atoms with Crippen LogP contribution in [0, 0.1) is 0 Å². The number of thiophene rings is 1. The molecule has 0 amide bonds. The van der Waals surface area contributed by atoms with Crippen LogP contribution in [0.2, 0.25) is 0 Å². The maximum atomic E-state index is 10.6. The Labute approximate surface area is 101 Å². The Morgan fingerprint density at radius 3 is 2.62 bits per heavy atom. The van der Waals surface area contributed by atoms with Crippen LogP contribution in [0.5, 0.6) is 0 Å². The molecule has 4 heteroatoms. The molecule has 1 aromatic heterocycles. The monoisotopic (exact) mass is 241 g/mol. The molecule has 1 rings (SSSR count). The van der Waals surface area contributed by atoms with Gasteiger partial charge in [-0.3, -0.25) is 9.69 Å². The highest BCUT2D eigenvalue weighted by Gasteiger charge is 2.22. The van der Waals surface area contributed by atoms with Gasteiger partial charge in [0.05, 0.1) is 6.42 Å². The first kappa shape index (κ1) is 13.2. The molecule has 0 aliphatic carbocycles. The van der Waals surface area contributed by atoms with E-state index in [0.29, 0.717) is 6.54 Å². The summed E-state index contributed by atoms with van der Waals surface area (Å²) in [5.74, 6) is -0.736. The predicted molar refractivity (Wildman–Crippen MR) is 66.7 cm³/mol. The molecule has 0 fully saturated rings. The Balaban J connectivity index is 2.61. The first-order valence-electron chi connectivity index (χ1n) is 5.39. The predicted octanol–water partition coefficient (Wildman–Crippen LogP) is 2.82. The van der Waals surface area contributed by atoms with Crippen molar-refractivity contribution in [3.8, 4) is 0 Å². The fourth-order valence-electron chi connectivity index (χ4n) is 1.47. The third kappa shape index (κ3) is 4.33. The summed E-state index contributed by atoms with van der Waals surface area (Å²) in [7, 11) is 0. The van der Waals surface area contributed by atoms with Gasteiger partial charge in [-0.2, -0.15) is 0 Å². The van der Waals surface area contributed by atoms with Crippen LogP contribution in [-0.2, 0) is 11.3 Å². The van der Waals surface area contributed by atoms with Crippen molar-refractivity contribution in [3.05, 3.63) is 22.4 Å². The van der Waals surface area contributed by atoms with E-state index in [0.717, 1.165) is 6.54 Å². The smallest absolute Gasteiger partial charge is 0.304 e. The molecule has 0 aliphatic rings. The standard InChI is InChI=1S/C12H19NO2S/c1-12(2,3)13(7-6-11(14)15)9-10-5-4-8-16-10/h4-5,8H,6-7,9H2,1-3H3,(H,14,15). The third-order valence-corrected chi connectivity index (χ3v) is 3.33. The summed E-state index contributed by atoms with van der Waals surface area (Å²) < 4.78 is 0. The van der Waals surface area contributed by atoms with Gasteiger partial charge in [-0.15, -0.1) is 11.3 Å². The fourth-order valence-corrected chi connectivity index (χ4v) is 2.19. The van der Waals surface area contributed by atoms with E-state index in [1.807, 2.05) is 11.4 Å². The van der Waals surface area contributed by atoms with Gasteiger partial charge < -0.3 is 5.11 Å². The minimum Gasteiger partial charge on any atom is -0.481 e. The number of hydrogen-bond acceptors (Lipinski definition) is 3. The SMILES string of the molecule is CC(C)(C)N(CCC(=O)O)Cc1cccs1. The van der Waals surface area contributed by atoms with Crippen LogP contribution in [0.15, 0.2) is 17.5 Å². The lowest BCUT2D eigenvalue weighted by Gasteiger charge is -2.35. The molecular weight excluding hydrogens is 222 g/mol. The zero-order chi connectivity index (χ0) is 12.2. The second kappa shape index (κ2) is 5.46. The summed E-state index contributed by atoms with van der Waals surface area (Å²) in [6.07, 6.45) is 0.197. The van der Waals surface area contributed by atoms with Gasteiger partial charge in [0.25, 0.3) is 0 Å². The van der Waals surface area contributed by atoms with Crippen molar-refractivity contribution in [2.75, 3.05) is 6.54 Å². The molecule has 0 spiro atoms. The van der Waals surface area contributed by atoms with E-state index in [-0.39, 0.29) is 12.0 Å². The van der Waals surface area contributed by atoms with Gasteiger partial charge in [0.2, 0.25) is 0 Å². The highest BCUT2D eigenvalue weighted by molar-refractivity contribution is 7.09. The lowest BCUT2D eigenvalue weighted by Crippen LogP contribution is -2.41. The van der Waals surface area contributed by atoms with Crippen LogP contribution in [0.1, 0.15) is 32.1 Å².